The van der Waals surface area contributed by atoms with Gasteiger partial charge in [-0.3, -0.25) is 14.7 Å². The second-order valence-corrected chi connectivity index (χ2v) is 7.99. The number of halogens is 4. The molecule has 1 amide bonds. The van der Waals surface area contributed by atoms with Crippen molar-refractivity contribution in [2.24, 2.45) is 10.9 Å². The van der Waals surface area contributed by atoms with Crippen LogP contribution in [0.2, 0.25) is 5.02 Å². The van der Waals surface area contributed by atoms with Gasteiger partial charge < -0.3 is 15.5 Å². The number of hydrogen-bond donors (Lipinski definition) is 2. The number of likely N-dealkylation sites (tertiary alicyclic amines) is 1. The number of nitrogens with zero attached hydrogens (tertiary/aromatic N) is 3. The number of likely N-dealkylation sites (N-methyl/N-ethyl adjacent to an activating group) is 1. The number of benzene rings is 1. The molecule has 1 aromatic carbocycles. The number of hydrogen-bond acceptors (Lipinski definition) is 3. The molecule has 1 aliphatic rings. The third-order valence-electron chi connectivity index (χ3n) is 5.20. The minimum absolute atomic E-state index is 0.183. The van der Waals surface area contributed by atoms with E-state index in [2.05, 4.69) is 33.6 Å². The average molecular weight is 448 g/mol. The van der Waals surface area contributed by atoms with Crippen molar-refractivity contribution >= 4 is 23.5 Å². The van der Waals surface area contributed by atoms with Crippen molar-refractivity contribution in [3.8, 4) is 0 Å². The Balaban J connectivity index is 1.93. The Morgan fingerprint density at radius 1 is 1.37 bits per heavy atom. The molecule has 168 valence electrons. The largest absolute Gasteiger partial charge is 0.406 e. The van der Waals surface area contributed by atoms with Crippen molar-refractivity contribution in [2.75, 3.05) is 47.3 Å². The molecule has 2 N–H and O–H groups in total. The van der Waals surface area contributed by atoms with Gasteiger partial charge in [-0.15, -0.1) is 0 Å². The van der Waals surface area contributed by atoms with Crippen molar-refractivity contribution in [2.45, 2.75) is 25.1 Å². The number of nitrogens with one attached hydrogen (secondary N) is 2. The highest BCUT2D eigenvalue weighted by Crippen LogP contribution is 2.35. The summed E-state index contributed by atoms with van der Waals surface area (Å²) in [5, 5.41) is 6.69. The molecule has 1 aliphatic heterocycles. The molecule has 0 bridgehead atoms. The summed E-state index contributed by atoms with van der Waals surface area (Å²) in [7, 11) is 4.77. The maximum Gasteiger partial charge on any atom is 0.406 e. The molecule has 1 aromatic rings. The predicted molar refractivity (Wildman–Crippen MR) is 113 cm³/mol. The summed E-state index contributed by atoms with van der Waals surface area (Å²) >= 11 is 6.18. The van der Waals surface area contributed by atoms with Crippen LogP contribution in [0, 0.1) is 5.92 Å². The highest BCUT2D eigenvalue weighted by atomic mass is 35.5. The fourth-order valence-corrected chi connectivity index (χ4v) is 3.99. The number of rotatable bonds is 6. The van der Waals surface area contributed by atoms with Crippen molar-refractivity contribution < 1.29 is 18.0 Å². The van der Waals surface area contributed by atoms with Gasteiger partial charge in [0.25, 0.3) is 0 Å². The van der Waals surface area contributed by atoms with E-state index in [0.717, 1.165) is 32.0 Å². The first kappa shape index (κ1) is 24.3. The summed E-state index contributed by atoms with van der Waals surface area (Å²) in [6.07, 6.45) is -2.35. The van der Waals surface area contributed by atoms with Crippen LogP contribution in [-0.4, -0.2) is 75.2 Å². The van der Waals surface area contributed by atoms with Gasteiger partial charge in [0.15, 0.2) is 5.96 Å². The van der Waals surface area contributed by atoms with Gasteiger partial charge in [-0.05, 0) is 50.0 Å². The molecule has 0 aromatic heterocycles. The molecule has 2 unspecified atom stereocenters. The number of piperidine rings is 1. The molecular formula is C20H29ClF3N5O. The van der Waals surface area contributed by atoms with Gasteiger partial charge >= 0.3 is 6.18 Å². The second kappa shape index (κ2) is 10.9. The van der Waals surface area contributed by atoms with Gasteiger partial charge in [0.1, 0.15) is 6.54 Å². The topological polar surface area (TPSA) is 60.0 Å². The zero-order chi connectivity index (χ0) is 22.3. The fourth-order valence-electron chi connectivity index (χ4n) is 3.79. The van der Waals surface area contributed by atoms with Gasteiger partial charge in [0.05, 0.1) is 6.54 Å². The Morgan fingerprint density at radius 3 is 2.73 bits per heavy atom. The number of carbonyl (C=O) groups excluding carboxylic acids is 1. The van der Waals surface area contributed by atoms with Crippen molar-refractivity contribution in [1.29, 1.82) is 0 Å². The van der Waals surface area contributed by atoms with Gasteiger partial charge in [-0.25, -0.2) is 0 Å². The number of alkyl halides is 3. The number of carbonyl (C=O) groups is 1. The summed E-state index contributed by atoms with van der Waals surface area (Å²) < 4.78 is 37.3. The Kier molecular flexibility index (Phi) is 8.78. The van der Waals surface area contributed by atoms with E-state index in [1.807, 2.05) is 18.2 Å². The zero-order valence-corrected chi connectivity index (χ0v) is 18.2. The molecule has 30 heavy (non-hydrogen) atoms. The van der Waals surface area contributed by atoms with E-state index in [9.17, 15) is 18.0 Å². The lowest BCUT2D eigenvalue weighted by Crippen LogP contribution is -2.48. The number of aliphatic imine (C=N–C) groups is 1. The van der Waals surface area contributed by atoms with Crippen LogP contribution in [0.4, 0.5) is 13.2 Å². The lowest BCUT2D eigenvalue weighted by atomic mass is 9.85. The summed E-state index contributed by atoms with van der Waals surface area (Å²) in [6.45, 7) is 0.0400. The molecule has 6 nitrogen and oxygen atoms in total. The SMILES string of the molecule is CN=C(NCC(=O)N(C)CC(F)(F)F)NCC1CCCN(C)C1c1cccc(Cl)c1. The van der Waals surface area contributed by atoms with Crippen LogP contribution in [0.3, 0.4) is 0 Å². The van der Waals surface area contributed by atoms with Crippen LogP contribution in [0.25, 0.3) is 0 Å². The van der Waals surface area contributed by atoms with E-state index < -0.39 is 18.6 Å². The van der Waals surface area contributed by atoms with E-state index >= 15 is 0 Å². The molecule has 2 atom stereocenters. The first-order valence-electron chi connectivity index (χ1n) is 9.81. The van der Waals surface area contributed by atoms with Crippen molar-refractivity contribution in [1.82, 2.24) is 20.4 Å². The Bertz CT molecular complexity index is 743. The molecule has 0 spiro atoms. The minimum Gasteiger partial charge on any atom is -0.356 e. The second-order valence-electron chi connectivity index (χ2n) is 7.55. The molecule has 1 heterocycles. The smallest absolute Gasteiger partial charge is 0.356 e. The van der Waals surface area contributed by atoms with Crippen molar-refractivity contribution in [3.63, 3.8) is 0 Å². The maximum absolute atomic E-state index is 12.4. The summed E-state index contributed by atoms with van der Waals surface area (Å²) in [4.78, 5) is 18.9. The monoisotopic (exact) mass is 447 g/mol. The molecule has 1 saturated heterocycles. The Labute approximate surface area is 180 Å². The lowest BCUT2D eigenvalue weighted by Gasteiger charge is -2.40. The van der Waals surface area contributed by atoms with Crippen LogP contribution in [-0.2, 0) is 4.79 Å². The maximum atomic E-state index is 12.4. The van der Waals surface area contributed by atoms with Gasteiger partial charge in [-0.2, -0.15) is 13.2 Å². The third kappa shape index (κ3) is 7.36. The zero-order valence-electron chi connectivity index (χ0n) is 17.5. The quantitative estimate of drug-likeness (QED) is 0.520. The van der Waals surface area contributed by atoms with Gasteiger partial charge in [0.2, 0.25) is 5.91 Å². The molecule has 10 heteroatoms. The number of amides is 1. The first-order chi connectivity index (χ1) is 14.1. The molecule has 1 fully saturated rings. The predicted octanol–water partition coefficient (Wildman–Crippen LogP) is 2.91. The third-order valence-corrected chi connectivity index (χ3v) is 5.44. The normalized spacial score (nSPS) is 20.7. The highest BCUT2D eigenvalue weighted by Gasteiger charge is 2.32. The van der Waals surface area contributed by atoms with Crippen LogP contribution in [0.1, 0.15) is 24.4 Å². The molecule has 2 rings (SSSR count). The Morgan fingerprint density at radius 2 is 2.10 bits per heavy atom. The molecular weight excluding hydrogens is 419 g/mol. The highest BCUT2D eigenvalue weighted by molar-refractivity contribution is 6.30. The first-order valence-corrected chi connectivity index (χ1v) is 10.2. The van der Waals surface area contributed by atoms with Crippen LogP contribution in [0.15, 0.2) is 29.3 Å². The van der Waals surface area contributed by atoms with Crippen molar-refractivity contribution in [3.05, 3.63) is 34.9 Å². The van der Waals surface area contributed by atoms with E-state index in [1.54, 1.807) is 7.05 Å². The minimum atomic E-state index is -4.42. The van der Waals surface area contributed by atoms with Crippen LogP contribution >= 0.6 is 11.6 Å². The van der Waals surface area contributed by atoms with E-state index in [-0.39, 0.29) is 18.5 Å². The standard InChI is InChI=1S/C20H29ClF3N5O/c1-25-19(27-12-17(30)29(3)13-20(22,23)24)26-11-15-7-5-9-28(2)18(15)14-6-4-8-16(21)10-14/h4,6,8,10,15,18H,5,7,9,11-13H2,1-3H3,(H2,25,26,27). The molecule has 0 radical (unpaired) electrons. The van der Waals surface area contributed by atoms with Crippen LogP contribution < -0.4 is 10.6 Å². The van der Waals surface area contributed by atoms with E-state index in [4.69, 9.17) is 11.6 Å². The van der Waals surface area contributed by atoms with Gasteiger partial charge in [0, 0.05) is 31.7 Å². The summed E-state index contributed by atoms with van der Waals surface area (Å²) in [5.41, 5.74) is 1.14. The summed E-state index contributed by atoms with van der Waals surface area (Å²) in [5.74, 6) is -0.00400. The molecule has 0 aliphatic carbocycles. The van der Waals surface area contributed by atoms with E-state index in [0.29, 0.717) is 22.4 Å². The Hall–Kier alpha value is -2.00. The van der Waals surface area contributed by atoms with Crippen LogP contribution in [0.5, 0.6) is 0 Å². The number of guanidine groups is 1. The lowest BCUT2D eigenvalue weighted by molar-refractivity contribution is -0.157. The summed E-state index contributed by atoms with van der Waals surface area (Å²) in [6, 6.07) is 8.01. The fraction of sp³-hybridized carbons (Fsp3) is 0.600. The van der Waals surface area contributed by atoms with Gasteiger partial charge in [-0.1, -0.05) is 23.7 Å². The molecule has 0 saturated carbocycles. The average Bonchev–Trinajstić information content (AvgIpc) is 2.66. The van der Waals surface area contributed by atoms with E-state index in [1.165, 1.54) is 0 Å².